The molecule has 1 aliphatic rings. The average Bonchev–Trinajstić information content (AvgIpc) is 2.38. The number of hydrogen-bond acceptors (Lipinski definition) is 1. The Hall–Kier alpha value is -1.63. The van der Waals surface area contributed by atoms with Crippen LogP contribution >= 0.6 is 0 Å². The minimum Gasteiger partial charge on any atom is -0.248 e. The molecule has 1 heterocycles. The Morgan fingerprint density at radius 3 is 2.88 bits per heavy atom. The lowest BCUT2D eigenvalue weighted by molar-refractivity contribution is 0.592. The fourth-order valence-electron chi connectivity index (χ4n) is 2.58. The maximum absolute atomic E-state index is 4.77. The van der Waals surface area contributed by atoms with Crippen LogP contribution in [0.4, 0.5) is 0 Å². The summed E-state index contributed by atoms with van der Waals surface area (Å²) in [6.07, 6.45) is 6.18. The van der Waals surface area contributed by atoms with Crippen LogP contribution in [0.3, 0.4) is 0 Å². The summed E-state index contributed by atoms with van der Waals surface area (Å²) in [6, 6.07) is 12.7. The van der Waals surface area contributed by atoms with E-state index in [1.54, 1.807) is 0 Å². The van der Waals surface area contributed by atoms with Crippen LogP contribution < -0.4 is 0 Å². The van der Waals surface area contributed by atoms with Crippen LogP contribution in [0.15, 0.2) is 42.5 Å². The van der Waals surface area contributed by atoms with Gasteiger partial charge in [-0.05, 0) is 42.9 Å². The number of para-hydroxylation sites is 1. The molecule has 1 heteroatoms. The highest BCUT2D eigenvalue weighted by molar-refractivity contribution is 5.81. The fourth-order valence-corrected chi connectivity index (χ4v) is 2.58. The molecule has 0 N–H and O–H groups in total. The van der Waals surface area contributed by atoms with Gasteiger partial charge in [-0.2, -0.15) is 0 Å². The maximum atomic E-state index is 4.77. The molecular weight excluding hydrogens is 206 g/mol. The van der Waals surface area contributed by atoms with Crippen LogP contribution in [0, 0.1) is 5.92 Å². The third kappa shape index (κ3) is 2.10. The highest BCUT2D eigenvalue weighted by Crippen LogP contribution is 2.29. The van der Waals surface area contributed by atoms with Crippen LogP contribution in [0.5, 0.6) is 0 Å². The summed E-state index contributed by atoms with van der Waals surface area (Å²) in [5.74, 6) is 0.701. The van der Waals surface area contributed by atoms with Gasteiger partial charge in [0.15, 0.2) is 0 Å². The van der Waals surface area contributed by atoms with Gasteiger partial charge >= 0.3 is 0 Å². The van der Waals surface area contributed by atoms with Crippen LogP contribution in [-0.2, 0) is 0 Å². The second kappa shape index (κ2) is 4.33. The fraction of sp³-hybridized carbons (Fsp3) is 0.312. The van der Waals surface area contributed by atoms with Gasteiger partial charge in [0.1, 0.15) is 0 Å². The van der Waals surface area contributed by atoms with Crippen molar-refractivity contribution in [3.63, 3.8) is 0 Å². The maximum Gasteiger partial charge on any atom is 0.0709 e. The lowest BCUT2D eigenvalue weighted by atomic mass is 9.90. The van der Waals surface area contributed by atoms with Gasteiger partial charge in [0.2, 0.25) is 0 Å². The van der Waals surface area contributed by atoms with Crippen molar-refractivity contribution >= 4 is 16.5 Å². The molecule has 0 saturated carbocycles. The third-order valence-corrected chi connectivity index (χ3v) is 3.52. The van der Waals surface area contributed by atoms with E-state index in [0.717, 1.165) is 11.2 Å². The molecular formula is C16H17N. The van der Waals surface area contributed by atoms with Gasteiger partial charge in [-0.15, -0.1) is 0 Å². The molecule has 1 atom stereocenters. The van der Waals surface area contributed by atoms with Crippen molar-refractivity contribution in [3.8, 4) is 0 Å². The molecule has 1 aromatic carbocycles. The molecule has 0 bridgehead atoms. The smallest absolute Gasteiger partial charge is 0.0709 e. The van der Waals surface area contributed by atoms with Crippen LogP contribution in [0.25, 0.3) is 16.5 Å². The normalized spacial score (nSPS) is 20.3. The Labute approximate surface area is 102 Å². The summed E-state index contributed by atoms with van der Waals surface area (Å²) in [5.41, 5.74) is 3.69. The molecule has 0 amide bonds. The monoisotopic (exact) mass is 223 g/mol. The van der Waals surface area contributed by atoms with Gasteiger partial charge in [0.05, 0.1) is 11.2 Å². The van der Waals surface area contributed by atoms with Gasteiger partial charge in [-0.25, -0.2) is 4.98 Å². The Morgan fingerprint density at radius 2 is 2.00 bits per heavy atom. The van der Waals surface area contributed by atoms with Crippen molar-refractivity contribution < 1.29 is 0 Å². The second-order valence-corrected chi connectivity index (χ2v) is 4.95. The number of aromatic nitrogens is 1. The average molecular weight is 223 g/mol. The highest BCUT2D eigenvalue weighted by Gasteiger charge is 2.12. The first-order valence-corrected chi connectivity index (χ1v) is 6.40. The van der Waals surface area contributed by atoms with E-state index >= 15 is 0 Å². The molecule has 0 aliphatic heterocycles. The number of nitrogens with zero attached hydrogens (tertiary/aromatic N) is 1. The predicted molar refractivity (Wildman–Crippen MR) is 72.7 cm³/mol. The van der Waals surface area contributed by atoms with E-state index in [1.165, 1.54) is 30.2 Å². The summed E-state index contributed by atoms with van der Waals surface area (Å²) in [7, 11) is 0. The standard InChI is InChI=1S/C16H17N/c1-12-5-4-7-14(11-12)16-10-9-13-6-2-3-8-15(13)17-16/h2-3,6,8-12H,4-5,7H2,1H3. The molecule has 3 rings (SSSR count). The Balaban J connectivity index is 2.06. The van der Waals surface area contributed by atoms with E-state index in [0.29, 0.717) is 5.92 Å². The van der Waals surface area contributed by atoms with Gasteiger partial charge in [0, 0.05) is 5.39 Å². The van der Waals surface area contributed by atoms with E-state index in [-0.39, 0.29) is 0 Å². The second-order valence-electron chi connectivity index (χ2n) is 4.95. The van der Waals surface area contributed by atoms with Crippen molar-refractivity contribution in [2.24, 2.45) is 5.92 Å². The summed E-state index contributed by atoms with van der Waals surface area (Å²) in [6.45, 7) is 2.29. The van der Waals surface area contributed by atoms with Crippen molar-refractivity contribution in [2.45, 2.75) is 26.2 Å². The number of fused-ring (bicyclic) bond motifs is 1. The van der Waals surface area contributed by atoms with Gasteiger partial charge in [0.25, 0.3) is 0 Å². The molecule has 1 aliphatic carbocycles. The topological polar surface area (TPSA) is 12.9 Å². The van der Waals surface area contributed by atoms with E-state index in [4.69, 9.17) is 4.98 Å². The summed E-state index contributed by atoms with van der Waals surface area (Å²) >= 11 is 0. The quantitative estimate of drug-likeness (QED) is 0.696. The Kier molecular flexibility index (Phi) is 2.68. The van der Waals surface area contributed by atoms with Crippen molar-refractivity contribution in [3.05, 3.63) is 48.2 Å². The molecule has 0 fully saturated rings. The van der Waals surface area contributed by atoms with Crippen LogP contribution in [0.2, 0.25) is 0 Å². The molecule has 1 unspecified atom stereocenters. The first-order chi connectivity index (χ1) is 8.33. The number of hydrogen-bond donors (Lipinski definition) is 0. The summed E-state index contributed by atoms with van der Waals surface area (Å²) in [4.78, 5) is 4.77. The largest absolute Gasteiger partial charge is 0.248 e. The molecule has 2 aromatic rings. The molecule has 0 spiro atoms. The van der Waals surface area contributed by atoms with Crippen LogP contribution in [-0.4, -0.2) is 4.98 Å². The molecule has 1 nitrogen and oxygen atoms in total. The zero-order valence-corrected chi connectivity index (χ0v) is 10.2. The van der Waals surface area contributed by atoms with Crippen LogP contribution in [0.1, 0.15) is 31.9 Å². The van der Waals surface area contributed by atoms with Crippen molar-refractivity contribution in [2.75, 3.05) is 0 Å². The lowest BCUT2D eigenvalue weighted by Gasteiger charge is -2.17. The molecule has 0 radical (unpaired) electrons. The van der Waals surface area contributed by atoms with Gasteiger partial charge < -0.3 is 0 Å². The van der Waals surface area contributed by atoms with Crippen molar-refractivity contribution in [1.82, 2.24) is 4.98 Å². The minimum atomic E-state index is 0.701. The predicted octanol–water partition coefficient (Wildman–Crippen LogP) is 4.44. The van der Waals surface area contributed by atoms with E-state index < -0.39 is 0 Å². The summed E-state index contributed by atoms with van der Waals surface area (Å²) < 4.78 is 0. The highest BCUT2D eigenvalue weighted by atomic mass is 14.7. The first kappa shape index (κ1) is 10.5. The lowest BCUT2D eigenvalue weighted by Crippen LogP contribution is -2.01. The zero-order valence-electron chi connectivity index (χ0n) is 10.2. The van der Waals surface area contributed by atoms with Gasteiger partial charge in [-0.1, -0.05) is 37.3 Å². The van der Waals surface area contributed by atoms with E-state index in [9.17, 15) is 0 Å². The van der Waals surface area contributed by atoms with E-state index in [1.807, 2.05) is 0 Å². The minimum absolute atomic E-state index is 0.701. The first-order valence-electron chi connectivity index (χ1n) is 6.40. The van der Waals surface area contributed by atoms with E-state index in [2.05, 4.69) is 49.4 Å². The molecule has 17 heavy (non-hydrogen) atoms. The SMILES string of the molecule is CC1C=C(c2ccc3ccccc3n2)CCC1. The number of benzene rings is 1. The number of rotatable bonds is 1. The third-order valence-electron chi connectivity index (χ3n) is 3.52. The number of pyridine rings is 1. The zero-order chi connectivity index (χ0) is 11.7. The molecule has 86 valence electrons. The molecule has 1 aromatic heterocycles. The van der Waals surface area contributed by atoms with Crippen molar-refractivity contribution in [1.29, 1.82) is 0 Å². The Morgan fingerprint density at radius 1 is 1.12 bits per heavy atom. The van der Waals surface area contributed by atoms with Gasteiger partial charge in [-0.3, -0.25) is 0 Å². The Bertz CT molecular complexity index is 569. The molecule has 0 saturated heterocycles. The summed E-state index contributed by atoms with van der Waals surface area (Å²) in [5, 5.41) is 1.22. The number of allylic oxidation sites excluding steroid dienone is 2.